The number of hydrogen-bond donors (Lipinski definition) is 1. The van der Waals surface area contributed by atoms with E-state index in [2.05, 4.69) is 10.2 Å². The van der Waals surface area contributed by atoms with Crippen LogP contribution in [0.2, 0.25) is 0 Å². The molecular weight excluding hydrogens is 248 g/mol. The summed E-state index contributed by atoms with van der Waals surface area (Å²) >= 11 is 0. The average Bonchev–Trinajstić information content (AvgIpc) is 2.30. The van der Waals surface area contributed by atoms with Crippen LogP contribution < -0.4 is 0 Å². The van der Waals surface area contributed by atoms with Crippen LogP contribution in [0.15, 0.2) is 39.4 Å². The van der Waals surface area contributed by atoms with Crippen LogP contribution in [0.3, 0.4) is 0 Å². The minimum atomic E-state index is -4.24. The average molecular weight is 256 g/mol. The number of benzene rings is 1. The summed E-state index contributed by atoms with van der Waals surface area (Å²) in [6.07, 6.45) is 0.645. The molecule has 0 aliphatic rings. The molecule has 1 aromatic carbocycles. The third-order valence-electron chi connectivity index (χ3n) is 1.72. The number of carbonyl (C=O) groups excluding carboxylic acids is 2. The van der Waals surface area contributed by atoms with Gasteiger partial charge in [-0.05, 0) is 24.3 Å². The zero-order valence-corrected chi connectivity index (χ0v) is 9.24. The standard InChI is InChI=1S/C9H8N2O5S/c12-5-8(6-13)11-10-7-1-3-9(4-2-7)17(14,15)16/h1-6,8H,(H,14,15,16). The van der Waals surface area contributed by atoms with Crippen molar-refractivity contribution in [2.45, 2.75) is 10.9 Å². The molecule has 0 fully saturated rings. The van der Waals surface area contributed by atoms with E-state index in [1.165, 1.54) is 12.1 Å². The largest absolute Gasteiger partial charge is 0.300 e. The zero-order valence-electron chi connectivity index (χ0n) is 8.42. The van der Waals surface area contributed by atoms with Crippen molar-refractivity contribution in [3.63, 3.8) is 0 Å². The highest BCUT2D eigenvalue weighted by Crippen LogP contribution is 2.16. The fourth-order valence-corrected chi connectivity index (χ4v) is 1.38. The van der Waals surface area contributed by atoms with Crippen LogP contribution in [-0.4, -0.2) is 31.6 Å². The maximum atomic E-state index is 10.7. The Bertz CT molecular complexity index is 527. The van der Waals surface area contributed by atoms with Crippen molar-refractivity contribution in [3.05, 3.63) is 24.3 Å². The lowest BCUT2D eigenvalue weighted by Crippen LogP contribution is -2.05. The van der Waals surface area contributed by atoms with E-state index in [-0.39, 0.29) is 10.6 Å². The fourth-order valence-electron chi connectivity index (χ4n) is 0.905. The summed E-state index contributed by atoms with van der Waals surface area (Å²) in [7, 11) is -4.24. The van der Waals surface area contributed by atoms with Crippen molar-refractivity contribution >= 4 is 28.4 Å². The summed E-state index contributed by atoms with van der Waals surface area (Å²) < 4.78 is 30.1. The Morgan fingerprint density at radius 2 is 1.65 bits per heavy atom. The van der Waals surface area contributed by atoms with Crippen molar-refractivity contribution in [1.82, 2.24) is 0 Å². The van der Waals surface area contributed by atoms with Crippen LogP contribution in [0, 0.1) is 0 Å². The predicted molar refractivity (Wildman–Crippen MR) is 56.7 cm³/mol. The highest BCUT2D eigenvalue weighted by molar-refractivity contribution is 7.85. The van der Waals surface area contributed by atoms with Crippen LogP contribution in [0.4, 0.5) is 5.69 Å². The quantitative estimate of drug-likeness (QED) is 0.362. The molecule has 0 atom stereocenters. The molecule has 0 aliphatic carbocycles. The lowest BCUT2D eigenvalue weighted by molar-refractivity contribution is -0.116. The lowest BCUT2D eigenvalue weighted by atomic mass is 10.3. The molecule has 1 rings (SSSR count). The van der Waals surface area contributed by atoms with Gasteiger partial charge in [-0.2, -0.15) is 18.6 Å². The first kappa shape index (κ1) is 13.1. The van der Waals surface area contributed by atoms with E-state index < -0.39 is 16.2 Å². The van der Waals surface area contributed by atoms with Gasteiger partial charge in [0.2, 0.25) is 0 Å². The van der Waals surface area contributed by atoms with Gasteiger partial charge in [-0.25, -0.2) is 0 Å². The number of azo groups is 1. The number of rotatable bonds is 5. The van der Waals surface area contributed by atoms with Crippen LogP contribution in [0.5, 0.6) is 0 Å². The van der Waals surface area contributed by atoms with Gasteiger partial charge in [0.15, 0.2) is 18.6 Å². The van der Waals surface area contributed by atoms with Gasteiger partial charge in [-0.3, -0.25) is 4.55 Å². The second-order valence-corrected chi connectivity index (χ2v) is 4.37. The number of hydrogen-bond acceptors (Lipinski definition) is 6. The molecule has 0 unspecified atom stereocenters. The molecule has 0 saturated carbocycles. The second-order valence-electron chi connectivity index (χ2n) is 2.95. The smallest absolute Gasteiger partial charge is 0.294 e. The molecule has 0 saturated heterocycles. The van der Waals surface area contributed by atoms with Gasteiger partial charge in [0, 0.05) is 0 Å². The highest BCUT2D eigenvalue weighted by Gasteiger charge is 2.08. The van der Waals surface area contributed by atoms with Crippen LogP contribution in [-0.2, 0) is 19.7 Å². The molecule has 7 nitrogen and oxygen atoms in total. The third-order valence-corrected chi connectivity index (χ3v) is 2.59. The van der Waals surface area contributed by atoms with E-state index in [0.29, 0.717) is 12.6 Å². The van der Waals surface area contributed by atoms with Crippen molar-refractivity contribution < 1.29 is 22.6 Å². The van der Waals surface area contributed by atoms with E-state index in [1.807, 2.05) is 0 Å². The van der Waals surface area contributed by atoms with Gasteiger partial charge in [0.1, 0.15) is 0 Å². The van der Waals surface area contributed by atoms with Crippen LogP contribution in [0.25, 0.3) is 0 Å². The first-order valence-electron chi connectivity index (χ1n) is 4.36. The van der Waals surface area contributed by atoms with Gasteiger partial charge in [0.25, 0.3) is 10.1 Å². The summed E-state index contributed by atoms with van der Waals surface area (Å²) in [5.74, 6) is 0. The predicted octanol–water partition coefficient (Wildman–Crippen LogP) is 0.783. The summed E-state index contributed by atoms with van der Waals surface area (Å²) in [6.45, 7) is 0. The molecule has 0 amide bonds. The maximum absolute atomic E-state index is 10.7. The first-order valence-corrected chi connectivity index (χ1v) is 5.80. The second kappa shape index (κ2) is 5.41. The Morgan fingerprint density at radius 1 is 1.12 bits per heavy atom. The van der Waals surface area contributed by atoms with E-state index in [1.54, 1.807) is 0 Å². The summed E-state index contributed by atoms with van der Waals surface area (Å²) in [6, 6.07) is 3.63. The van der Waals surface area contributed by atoms with Gasteiger partial charge >= 0.3 is 0 Å². The number of nitrogens with zero attached hydrogens (tertiary/aromatic N) is 2. The van der Waals surface area contributed by atoms with Crippen molar-refractivity contribution in [1.29, 1.82) is 0 Å². The molecule has 1 N–H and O–H groups in total. The molecule has 17 heavy (non-hydrogen) atoms. The van der Waals surface area contributed by atoms with E-state index >= 15 is 0 Å². The van der Waals surface area contributed by atoms with E-state index in [9.17, 15) is 18.0 Å². The first-order chi connectivity index (χ1) is 7.97. The van der Waals surface area contributed by atoms with Crippen LogP contribution in [0.1, 0.15) is 0 Å². The summed E-state index contributed by atoms with van der Waals surface area (Å²) in [4.78, 5) is 20.2. The lowest BCUT2D eigenvalue weighted by Gasteiger charge is -1.97. The van der Waals surface area contributed by atoms with Crippen molar-refractivity contribution in [2.24, 2.45) is 10.2 Å². The van der Waals surface area contributed by atoms with Crippen molar-refractivity contribution in [3.8, 4) is 0 Å². The Labute approximate surface area is 96.9 Å². The molecule has 0 radical (unpaired) electrons. The third kappa shape index (κ3) is 3.85. The zero-order chi connectivity index (χ0) is 12.9. The minimum absolute atomic E-state index is 0.256. The highest BCUT2D eigenvalue weighted by atomic mass is 32.2. The minimum Gasteiger partial charge on any atom is -0.300 e. The summed E-state index contributed by atoms with van der Waals surface area (Å²) in [5, 5.41) is 6.96. The van der Waals surface area contributed by atoms with E-state index in [4.69, 9.17) is 4.55 Å². The molecule has 0 heterocycles. The number of aldehydes is 2. The van der Waals surface area contributed by atoms with Gasteiger partial charge in [-0.1, -0.05) is 0 Å². The number of carbonyl (C=O) groups is 2. The van der Waals surface area contributed by atoms with E-state index in [0.717, 1.165) is 12.1 Å². The van der Waals surface area contributed by atoms with Gasteiger partial charge < -0.3 is 9.59 Å². The fraction of sp³-hybridized carbons (Fsp3) is 0.111. The Kier molecular flexibility index (Phi) is 4.18. The molecular formula is C9H8N2O5S. The molecule has 90 valence electrons. The Balaban J connectivity index is 2.89. The Hall–Kier alpha value is -1.93. The maximum Gasteiger partial charge on any atom is 0.294 e. The molecule has 0 spiro atoms. The monoisotopic (exact) mass is 256 g/mol. The molecule has 0 aromatic heterocycles. The summed E-state index contributed by atoms with van der Waals surface area (Å²) in [5.41, 5.74) is 0.256. The van der Waals surface area contributed by atoms with Crippen LogP contribution >= 0.6 is 0 Å². The Morgan fingerprint density at radius 3 is 2.06 bits per heavy atom. The topological polar surface area (TPSA) is 113 Å². The van der Waals surface area contributed by atoms with Gasteiger partial charge in [0.05, 0.1) is 10.6 Å². The molecule has 8 heteroatoms. The molecule has 1 aromatic rings. The SMILES string of the molecule is O=CC(C=O)N=Nc1ccc(S(=O)(=O)O)cc1. The molecule has 0 bridgehead atoms. The van der Waals surface area contributed by atoms with Gasteiger partial charge in [-0.15, -0.1) is 0 Å². The van der Waals surface area contributed by atoms with Crippen molar-refractivity contribution in [2.75, 3.05) is 0 Å². The normalized spacial score (nSPS) is 11.9. The molecule has 0 aliphatic heterocycles.